The molecule has 0 amide bonds. The van der Waals surface area contributed by atoms with Crippen LogP contribution in [-0.2, 0) is 22.7 Å². The standard InChI is InChI=1S/2C9H8O2.CH4/c1-6-2-3-8-7(4-6)5-11-9(8)10;1-6-2-3-7-5-11-9(10)8(7)4-6;/h2*2-4H,5H2,1H3;1H4. The van der Waals surface area contributed by atoms with Gasteiger partial charge in [-0.1, -0.05) is 42.8 Å². The summed E-state index contributed by atoms with van der Waals surface area (Å²) in [6.45, 7) is 4.85. The average molecular weight is 312 g/mol. The SMILES string of the molecule is C.Cc1ccc2c(c1)C(=O)OC2.Cc1ccc2c(c1)COC2=O. The van der Waals surface area contributed by atoms with E-state index in [1.54, 1.807) is 0 Å². The molecule has 2 aromatic rings. The van der Waals surface area contributed by atoms with Crippen LogP contribution in [0.5, 0.6) is 0 Å². The number of aryl methyl sites for hydroxylation is 2. The van der Waals surface area contributed by atoms with Crippen LogP contribution in [0.2, 0.25) is 0 Å². The van der Waals surface area contributed by atoms with Gasteiger partial charge in [0.1, 0.15) is 13.2 Å². The van der Waals surface area contributed by atoms with E-state index in [4.69, 9.17) is 9.47 Å². The van der Waals surface area contributed by atoms with Crippen LogP contribution in [-0.4, -0.2) is 11.9 Å². The summed E-state index contributed by atoms with van der Waals surface area (Å²) < 4.78 is 9.68. The molecule has 0 saturated heterocycles. The Kier molecular flexibility index (Phi) is 4.84. The normalized spacial score (nSPS) is 13.8. The van der Waals surface area contributed by atoms with Crippen molar-refractivity contribution in [2.75, 3.05) is 0 Å². The lowest BCUT2D eigenvalue weighted by molar-refractivity contribution is 0.0526. The number of carbonyl (C=O) groups excluding carboxylic acids is 2. The lowest BCUT2D eigenvalue weighted by Gasteiger charge is -1.93. The fourth-order valence-electron chi connectivity index (χ4n) is 2.49. The summed E-state index contributed by atoms with van der Waals surface area (Å²) >= 11 is 0. The van der Waals surface area contributed by atoms with Gasteiger partial charge in [-0.2, -0.15) is 0 Å². The highest BCUT2D eigenvalue weighted by molar-refractivity contribution is 5.93. The molecule has 0 spiro atoms. The Morgan fingerprint density at radius 1 is 0.739 bits per heavy atom. The Morgan fingerprint density at radius 3 is 2.04 bits per heavy atom. The average Bonchev–Trinajstić information content (AvgIpc) is 3.04. The first-order valence-electron chi connectivity index (χ1n) is 7.08. The number of hydrogen-bond donors (Lipinski definition) is 0. The monoisotopic (exact) mass is 312 g/mol. The molecule has 120 valence electrons. The molecular formula is C19H20O4. The molecule has 2 heterocycles. The van der Waals surface area contributed by atoms with Crippen LogP contribution in [0.3, 0.4) is 0 Å². The Hall–Kier alpha value is -2.62. The van der Waals surface area contributed by atoms with Crippen molar-refractivity contribution in [2.45, 2.75) is 34.5 Å². The molecule has 4 nitrogen and oxygen atoms in total. The van der Waals surface area contributed by atoms with Gasteiger partial charge in [0.25, 0.3) is 0 Å². The van der Waals surface area contributed by atoms with Crippen molar-refractivity contribution < 1.29 is 19.1 Å². The Bertz CT molecular complexity index is 762. The molecule has 0 radical (unpaired) electrons. The molecule has 4 heteroatoms. The molecule has 0 aliphatic carbocycles. The summed E-state index contributed by atoms with van der Waals surface area (Å²) in [4.78, 5) is 22.0. The van der Waals surface area contributed by atoms with E-state index in [0.717, 1.165) is 27.8 Å². The third kappa shape index (κ3) is 3.42. The van der Waals surface area contributed by atoms with E-state index in [1.165, 1.54) is 5.56 Å². The highest BCUT2D eigenvalue weighted by atomic mass is 16.5. The molecule has 2 aromatic carbocycles. The van der Waals surface area contributed by atoms with Gasteiger partial charge >= 0.3 is 11.9 Å². The van der Waals surface area contributed by atoms with Crippen LogP contribution in [0.1, 0.15) is 50.4 Å². The van der Waals surface area contributed by atoms with E-state index in [1.807, 2.05) is 50.2 Å². The first kappa shape index (κ1) is 16.7. The van der Waals surface area contributed by atoms with Gasteiger partial charge in [0.2, 0.25) is 0 Å². The first-order chi connectivity index (χ1) is 10.5. The molecule has 4 rings (SSSR count). The minimum atomic E-state index is -0.194. The molecule has 0 N–H and O–H groups in total. The maximum absolute atomic E-state index is 11.0. The van der Waals surface area contributed by atoms with Crippen LogP contribution >= 0.6 is 0 Å². The summed E-state index contributed by atoms with van der Waals surface area (Å²) in [5, 5.41) is 0. The Balaban J connectivity index is 0.000000160. The zero-order chi connectivity index (χ0) is 15.7. The van der Waals surface area contributed by atoms with Gasteiger partial charge in [0.05, 0.1) is 11.1 Å². The second-order valence-electron chi connectivity index (χ2n) is 5.47. The number of cyclic esters (lactones) is 2. The van der Waals surface area contributed by atoms with Crippen LogP contribution in [0.15, 0.2) is 36.4 Å². The molecule has 0 aromatic heterocycles. The minimum Gasteiger partial charge on any atom is -0.457 e. The topological polar surface area (TPSA) is 52.6 Å². The second kappa shape index (κ2) is 6.65. The molecule has 0 fully saturated rings. The lowest BCUT2D eigenvalue weighted by atomic mass is 10.1. The largest absolute Gasteiger partial charge is 0.457 e. The zero-order valence-corrected chi connectivity index (χ0v) is 12.5. The zero-order valence-electron chi connectivity index (χ0n) is 12.5. The number of benzene rings is 2. The Labute approximate surface area is 136 Å². The van der Waals surface area contributed by atoms with Crippen molar-refractivity contribution >= 4 is 11.9 Å². The van der Waals surface area contributed by atoms with Gasteiger partial charge < -0.3 is 9.47 Å². The van der Waals surface area contributed by atoms with Gasteiger partial charge in [0, 0.05) is 11.1 Å². The van der Waals surface area contributed by atoms with Gasteiger partial charge in [-0.15, -0.1) is 0 Å². The highest BCUT2D eigenvalue weighted by Crippen LogP contribution is 2.21. The van der Waals surface area contributed by atoms with Crippen molar-refractivity contribution in [3.8, 4) is 0 Å². The molecule has 0 unspecified atom stereocenters. The number of rotatable bonds is 0. The molecule has 0 saturated carbocycles. The van der Waals surface area contributed by atoms with Crippen molar-refractivity contribution in [2.24, 2.45) is 0 Å². The van der Waals surface area contributed by atoms with E-state index in [0.29, 0.717) is 13.2 Å². The number of esters is 2. The quantitative estimate of drug-likeness (QED) is 0.691. The van der Waals surface area contributed by atoms with Gasteiger partial charge in [-0.3, -0.25) is 0 Å². The number of ether oxygens (including phenoxy) is 2. The maximum Gasteiger partial charge on any atom is 0.338 e. The van der Waals surface area contributed by atoms with Crippen LogP contribution in [0.25, 0.3) is 0 Å². The Morgan fingerprint density at radius 2 is 1.30 bits per heavy atom. The fraction of sp³-hybridized carbons (Fsp3) is 0.263. The predicted octanol–water partition coefficient (Wildman–Crippen LogP) is 3.97. The van der Waals surface area contributed by atoms with Crippen LogP contribution < -0.4 is 0 Å². The summed E-state index contributed by atoms with van der Waals surface area (Å²) in [5.41, 5.74) is 5.72. The molecular weight excluding hydrogens is 292 g/mol. The smallest absolute Gasteiger partial charge is 0.338 e. The van der Waals surface area contributed by atoms with Crippen molar-refractivity contribution in [1.29, 1.82) is 0 Å². The predicted molar refractivity (Wildman–Crippen MR) is 87.3 cm³/mol. The molecule has 0 bridgehead atoms. The third-order valence-corrected chi connectivity index (χ3v) is 3.68. The molecule has 2 aliphatic rings. The number of fused-ring (bicyclic) bond motifs is 2. The van der Waals surface area contributed by atoms with Crippen molar-refractivity contribution in [1.82, 2.24) is 0 Å². The maximum atomic E-state index is 11.0. The first-order valence-corrected chi connectivity index (χ1v) is 7.08. The van der Waals surface area contributed by atoms with E-state index in [9.17, 15) is 9.59 Å². The fourth-order valence-corrected chi connectivity index (χ4v) is 2.49. The summed E-state index contributed by atoms with van der Waals surface area (Å²) in [7, 11) is 0. The second-order valence-corrected chi connectivity index (χ2v) is 5.47. The van der Waals surface area contributed by atoms with Gasteiger partial charge in [-0.05, 0) is 26.0 Å². The van der Waals surface area contributed by atoms with Crippen LogP contribution in [0.4, 0.5) is 0 Å². The van der Waals surface area contributed by atoms with Crippen molar-refractivity contribution in [3.63, 3.8) is 0 Å². The highest BCUT2D eigenvalue weighted by Gasteiger charge is 2.20. The minimum absolute atomic E-state index is 0. The van der Waals surface area contributed by atoms with E-state index >= 15 is 0 Å². The van der Waals surface area contributed by atoms with Crippen molar-refractivity contribution in [3.05, 3.63) is 69.8 Å². The van der Waals surface area contributed by atoms with Gasteiger partial charge in [0.15, 0.2) is 0 Å². The van der Waals surface area contributed by atoms with Gasteiger partial charge in [-0.25, -0.2) is 9.59 Å². The lowest BCUT2D eigenvalue weighted by Crippen LogP contribution is -1.93. The summed E-state index contributed by atoms with van der Waals surface area (Å²) in [6.07, 6.45) is 0. The van der Waals surface area contributed by atoms with E-state index in [2.05, 4.69) is 0 Å². The summed E-state index contributed by atoms with van der Waals surface area (Å²) in [5.74, 6) is -0.385. The number of carbonyl (C=O) groups is 2. The number of hydrogen-bond acceptors (Lipinski definition) is 4. The van der Waals surface area contributed by atoms with E-state index < -0.39 is 0 Å². The van der Waals surface area contributed by atoms with Crippen LogP contribution in [0, 0.1) is 13.8 Å². The third-order valence-electron chi connectivity index (χ3n) is 3.68. The molecule has 0 atom stereocenters. The van der Waals surface area contributed by atoms with E-state index in [-0.39, 0.29) is 19.4 Å². The summed E-state index contributed by atoms with van der Waals surface area (Å²) in [6, 6.07) is 11.5. The molecule has 23 heavy (non-hydrogen) atoms. The molecule has 2 aliphatic heterocycles.